The Morgan fingerprint density at radius 1 is 1.00 bits per heavy atom. The second-order valence-electron chi connectivity index (χ2n) is 7.67. The van der Waals surface area contributed by atoms with Crippen LogP contribution in [0, 0.1) is 6.92 Å². The van der Waals surface area contributed by atoms with Gasteiger partial charge in [0, 0.05) is 23.3 Å². The van der Waals surface area contributed by atoms with Crippen LogP contribution < -0.4 is 15.3 Å². The molecule has 0 spiro atoms. The van der Waals surface area contributed by atoms with Gasteiger partial charge in [0.05, 0.1) is 26.9 Å². The number of nitrogens with zero attached hydrogens (tertiary/aromatic N) is 2. The van der Waals surface area contributed by atoms with E-state index in [4.69, 9.17) is 0 Å². The van der Waals surface area contributed by atoms with Crippen LogP contribution in [-0.2, 0) is 21.9 Å². The number of aromatic hydroxyl groups is 1. The molecule has 0 saturated carbocycles. The highest BCUT2D eigenvalue weighted by atomic mass is 32.2. The number of amides is 1. The number of nitrogens with one attached hydrogen (secondary N) is 1. The first kappa shape index (κ1) is 20.0. The molecule has 1 aliphatic rings. The van der Waals surface area contributed by atoms with Crippen LogP contribution in [0.5, 0.6) is 5.88 Å². The Kier molecular flexibility index (Phi) is 4.42. The number of aryl methyl sites for hydroxylation is 2. The number of carbonyl (C=O) groups excluding carboxylic acids is 1. The minimum Gasteiger partial charge on any atom is -0.494 e. The highest BCUT2D eigenvalue weighted by Gasteiger charge is 2.28. The summed E-state index contributed by atoms with van der Waals surface area (Å²) in [4.78, 5) is 17.0. The molecule has 0 saturated heterocycles. The molecule has 32 heavy (non-hydrogen) atoms. The van der Waals surface area contributed by atoms with Gasteiger partial charge < -0.3 is 9.67 Å². The van der Waals surface area contributed by atoms with Crippen molar-refractivity contribution in [2.75, 3.05) is 4.72 Å². The lowest BCUT2D eigenvalue weighted by Crippen LogP contribution is -2.26. The minimum absolute atomic E-state index is 0.00147. The van der Waals surface area contributed by atoms with Crippen LogP contribution in [0.2, 0.25) is 0 Å². The van der Waals surface area contributed by atoms with Gasteiger partial charge in [0.25, 0.3) is 15.9 Å². The van der Waals surface area contributed by atoms with E-state index < -0.39 is 15.9 Å². The van der Waals surface area contributed by atoms with Gasteiger partial charge in [0.15, 0.2) is 5.88 Å². The summed E-state index contributed by atoms with van der Waals surface area (Å²) in [7, 11) is -2.18. The predicted octanol–water partition coefficient (Wildman–Crippen LogP) is 2.35. The Hall–Kier alpha value is -3.91. The van der Waals surface area contributed by atoms with Crippen LogP contribution >= 0.6 is 0 Å². The summed E-state index contributed by atoms with van der Waals surface area (Å²) in [5.41, 5.74) is 2.70. The number of fused-ring (bicyclic) bond motifs is 2. The molecule has 0 atom stereocenters. The fourth-order valence-corrected chi connectivity index (χ4v) is 5.25. The SMILES string of the molecule is Cc1cccc2c(C3=c4cc(S(=O)(=O)Nc5ccccc5)ccc4=NC3=O)c(O)n(C)c12. The highest BCUT2D eigenvalue weighted by molar-refractivity contribution is 7.92. The van der Waals surface area contributed by atoms with E-state index in [0.717, 1.165) is 11.1 Å². The summed E-state index contributed by atoms with van der Waals surface area (Å²) < 4.78 is 30.1. The third-order valence-corrected chi connectivity index (χ3v) is 7.02. The summed E-state index contributed by atoms with van der Waals surface area (Å²) in [6.07, 6.45) is 0. The number of anilines is 1. The fourth-order valence-electron chi connectivity index (χ4n) is 4.17. The predicted molar refractivity (Wildman–Crippen MR) is 121 cm³/mol. The van der Waals surface area contributed by atoms with Crippen LogP contribution in [0.1, 0.15) is 11.1 Å². The van der Waals surface area contributed by atoms with E-state index in [1.165, 1.54) is 18.2 Å². The molecule has 1 aliphatic heterocycles. The van der Waals surface area contributed by atoms with Crippen LogP contribution in [0.4, 0.5) is 5.69 Å². The zero-order valence-electron chi connectivity index (χ0n) is 17.3. The van der Waals surface area contributed by atoms with Crippen molar-refractivity contribution in [1.29, 1.82) is 0 Å². The molecule has 5 rings (SSSR count). The van der Waals surface area contributed by atoms with E-state index in [0.29, 0.717) is 27.2 Å². The van der Waals surface area contributed by atoms with E-state index in [9.17, 15) is 18.3 Å². The van der Waals surface area contributed by atoms with Gasteiger partial charge in [-0.3, -0.25) is 9.52 Å². The molecule has 0 bridgehead atoms. The van der Waals surface area contributed by atoms with Gasteiger partial charge in [0.2, 0.25) is 0 Å². The molecule has 2 N–H and O–H groups in total. The fraction of sp³-hybridized carbons (Fsp3) is 0.0833. The van der Waals surface area contributed by atoms with Crippen molar-refractivity contribution in [3.63, 3.8) is 0 Å². The lowest BCUT2D eigenvalue weighted by Gasteiger charge is -2.08. The molecule has 160 valence electrons. The van der Waals surface area contributed by atoms with Gasteiger partial charge in [0.1, 0.15) is 0 Å². The maximum absolute atomic E-state index is 13.0. The van der Waals surface area contributed by atoms with Crippen molar-refractivity contribution in [1.82, 2.24) is 4.57 Å². The number of rotatable bonds is 4. The first-order chi connectivity index (χ1) is 15.3. The monoisotopic (exact) mass is 445 g/mol. The van der Waals surface area contributed by atoms with Gasteiger partial charge >= 0.3 is 0 Å². The molecule has 1 aromatic heterocycles. The maximum Gasteiger partial charge on any atom is 0.279 e. The zero-order chi connectivity index (χ0) is 22.6. The average molecular weight is 446 g/mol. The number of benzene rings is 3. The molecule has 8 heteroatoms. The first-order valence-electron chi connectivity index (χ1n) is 9.90. The molecule has 1 amide bonds. The lowest BCUT2D eigenvalue weighted by molar-refractivity contribution is -0.112. The molecule has 0 aliphatic carbocycles. The smallest absolute Gasteiger partial charge is 0.279 e. The van der Waals surface area contributed by atoms with Crippen molar-refractivity contribution < 1.29 is 18.3 Å². The Labute approximate surface area is 184 Å². The largest absolute Gasteiger partial charge is 0.494 e. The molecular formula is C24H19N3O4S. The molecule has 0 radical (unpaired) electrons. The molecule has 4 aromatic rings. The summed E-state index contributed by atoms with van der Waals surface area (Å²) in [6.45, 7) is 1.92. The number of hydrogen-bond acceptors (Lipinski definition) is 4. The van der Waals surface area contributed by atoms with Crippen molar-refractivity contribution in [2.45, 2.75) is 11.8 Å². The quantitative estimate of drug-likeness (QED) is 0.504. The van der Waals surface area contributed by atoms with Crippen LogP contribution in [0.25, 0.3) is 16.5 Å². The molecule has 3 aromatic carbocycles. The summed E-state index contributed by atoms with van der Waals surface area (Å²) in [6, 6.07) is 18.5. The topological polar surface area (TPSA) is 101 Å². The average Bonchev–Trinajstić information content (AvgIpc) is 3.21. The van der Waals surface area contributed by atoms with Gasteiger partial charge in [-0.25, -0.2) is 13.4 Å². The Bertz CT molecular complexity index is 1650. The summed E-state index contributed by atoms with van der Waals surface area (Å²) in [5.74, 6) is -0.591. The molecular weight excluding hydrogens is 426 g/mol. The normalized spacial score (nSPS) is 13.3. The number of hydrogen-bond donors (Lipinski definition) is 2. The van der Waals surface area contributed by atoms with Gasteiger partial charge in [-0.15, -0.1) is 0 Å². The third kappa shape index (κ3) is 2.99. The molecule has 7 nitrogen and oxygen atoms in total. The molecule has 0 fully saturated rings. The van der Waals surface area contributed by atoms with Gasteiger partial charge in [-0.1, -0.05) is 36.4 Å². The van der Waals surface area contributed by atoms with E-state index in [2.05, 4.69) is 9.71 Å². The highest BCUT2D eigenvalue weighted by Crippen LogP contribution is 2.36. The molecule has 2 heterocycles. The van der Waals surface area contributed by atoms with E-state index in [1.807, 2.05) is 25.1 Å². The van der Waals surface area contributed by atoms with Crippen LogP contribution in [0.3, 0.4) is 0 Å². The maximum atomic E-state index is 13.0. The summed E-state index contributed by atoms with van der Waals surface area (Å²) in [5, 5.41) is 12.3. The van der Waals surface area contributed by atoms with Crippen molar-refractivity contribution >= 4 is 38.1 Å². The van der Waals surface area contributed by atoms with E-state index >= 15 is 0 Å². The van der Waals surface area contributed by atoms with Crippen LogP contribution in [0.15, 0.2) is 76.6 Å². The summed E-state index contributed by atoms with van der Waals surface area (Å²) >= 11 is 0. The Balaban J connectivity index is 1.76. The van der Waals surface area contributed by atoms with Crippen LogP contribution in [-0.4, -0.2) is 24.0 Å². The third-order valence-electron chi connectivity index (χ3n) is 5.64. The lowest BCUT2D eigenvalue weighted by atomic mass is 10.0. The number of carbonyl (C=O) groups is 1. The second kappa shape index (κ2) is 7.06. The second-order valence-corrected chi connectivity index (χ2v) is 9.35. The number of sulfonamides is 1. The Morgan fingerprint density at radius 3 is 2.50 bits per heavy atom. The zero-order valence-corrected chi connectivity index (χ0v) is 18.1. The Morgan fingerprint density at radius 2 is 1.75 bits per heavy atom. The van der Waals surface area contributed by atoms with E-state index in [-0.39, 0.29) is 16.3 Å². The minimum atomic E-state index is -3.90. The van der Waals surface area contributed by atoms with Crippen molar-refractivity contribution in [2.24, 2.45) is 12.0 Å². The van der Waals surface area contributed by atoms with Crippen molar-refractivity contribution in [3.8, 4) is 5.88 Å². The first-order valence-corrected chi connectivity index (χ1v) is 11.4. The molecule has 0 unspecified atom stereocenters. The van der Waals surface area contributed by atoms with Gasteiger partial charge in [-0.05, 0) is 42.8 Å². The van der Waals surface area contributed by atoms with Crippen molar-refractivity contribution in [3.05, 3.63) is 88.4 Å². The van der Waals surface area contributed by atoms with Gasteiger partial charge in [-0.2, -0.15) is 0 Å². The number of aromatic nitrogens is 1. The van der Waals surface area contributed by atoms with E-state index in [1.54, 1.807) is 41.9 Å². The standard InChI is InChI=1S/C24H19N3O4S/c1-14-7-6-10-17-21(24(29)27(2)22(14)17)20-18-13-16(11-12-19(18)25-23(20)28)32(30,31)26-15-8-4-3-5-9-15/h3-13,26,29H,1-2H3. The number of para-hydroxylation sites is 2.